The molecular formula is C16H22N4O3S. The first-order valence-electron chi connectivity index (χ1n) is 8.09. The Hall–Kier alpha value is -1.93. The Morgan fingerprint density at radius 3 is 2.96 bits per heavy atom. The summed E-state index contributed by atoms with van der Waals surface area (Å²) in [6.07, 6.45) is 3.19. The van der Waals surface area contributed by atoms with Gasteiger partial charge in [-0.15, -0.1) is 0 Å². The van der Waals surface area contributed by atoms with Crippen LogP contribution in [0.3, 0.4) is 0 Å². The summed E-state index contributed by atoms with van der Waals surface area (Å²) in [5.41, 5.74) is 1.95. The normalized spacial score (nSPS) is 18.9. The maximum absolute atomic E-state index is 12.3. The average Bonchev–Trinajstić information content (AvgIpc) is 2.98. The number of hydrogen-bond donors (Lipinski definition) is 2. The minimum atomic E-state index is -3.25. The van der Waals surface area contributed by atoms with E-state index in [-0.39, 0.29) is 24.8 Å². The van der Waals surface area contributed by atoms with Crippen molar-refractivity contribution in [2.45, 2.75) is 25.2 Å². The number of nitrogens with zero attached hydrogens (tertiary/aromatic N) is 2. The average molecular weight is 350 g/mol. The van der Waals surface area contributed by atoms with Gasteiger partial charge in [0.25, 0.3) is 0 Å². The zero-order valence-corrected chi connectivity index (χ0v) is 14.5. The molecule has 0 unspecified atom stereocenters. The van der Waals surface area contributed by atoms with Gasteiger partial charge in [0.15, 0.2) is 0 Å². The van der Waals surface area contributed by atoms with Crippen LogP contribution in [0.4, 0.5) is 0 Å². The number of fused-ring (bicyclic) bond motifs is 1. The van der Waals surface area contributed by atoms with Crippen LogP contribution in [0.2, 0.25) is 0 Å². The Morgan fingerprint density at radius 2 is 2.21 bits per heavy atom. The number of aromatic nitrogens is 2. The molecule has 1 saturated heterocycles. The first-order chi connectivity index (χ1) is 11.4. The molecule has 1 aromatic carbocycles. The van der Waals surface area contributed by atoms with Gasteiger partial charge >= 0.3 is 0 Å². The molecule has 0 radical (unpaired) electrons. The summed E-state index contributed by atoms with van der Waals surface area (Å²) in [5, 5.41) is 0. The smallest absolute Gasteiger partial charge is 0.223 e. The first-order valence-corrected chi connectivity index (χ1v) is 9.98. The van der Waals surface area contributed by atoms with Gasteiger partial charge in [0.05, 0.1) is 17.3 Å². The molecule has 1 aliphatic rings. The maximum atomic E-state index is 12.3. The number of hydrogen-bond acceptors (Lipinski definition) is 4. The number of rotatable bonds is 5. The third-order valence-electron chi connectivity index (χ3n) is 4.27. The van der Waals surface area contributed by atoms with Gasteiger partial charge in [-0.25, -0.2) is 18.1 Å². The number of benzene rings is 1. The SMILES string of the molecule is CS(=O)(=O)NCCC(=O)N1CCC[C@H](c2nc3ccccc3[nH]2)C1. The number of carbonyl (C=O) groups excluding carboxylic acids is 1. The Labute approximate surface area is 141 Å². The predicted molar refractivity (Wildman–Crippen MR) is 92.1 cm³/mol. The fourth-order valence-corrected chi connectivity index (χ4v) is 3.57. The van der Waals surface area contributed by atoms with Gasteiger partial charge in [0, 0.05) is 32.0 Å². The molecule has 1 amide bonds. The molecule has 0 spiro atoms. The van der Waals surface area contributed by atoms with E-state index in [2.05, 4.69) is 14.7 Å². The van der Waals surface area contributed by atoms with E-state index in [1.165, 1.54) is 0 Å². The van der Waals surface area contributed by atoms with Gasteiger partial charge in [-0.1, -0.05) is 12.1 Å². The van der Waals surface area contributed by atoms with Crippen LogP contribution in [0.25, 0.3) is 11.0 Å². The van der Waals surface area contributed by atoms with E-state index in [0.29, 0.717) is 13.1 Å². The van der Waals surface area contributed by atoms with E-state index in [1.807, 2.05) is 29.2 Å². The molecule has 130 valence electrons. The van der Waals surface area contributed by atoms with Gasteiger partial charge in [-0.05, 0) is 25.0 Å². The minimum absolute atomic E-state index is 0.0213. The molecule has 3 rings (SSSR count). The summed E-state index contributed by atoms with van der Waals surface area (Å²) in [4.78, 5) is 22.1. The van der Waals surface area contributed by atoms with Crippen LogP contribution in [0.15, 0.2) is 24.3 Å². The number of imidazole rings is 1. The molecule has 1 aliphatic heterocycles. The fourth-order valence-electron chi connectivity index (χ4n) is 3.09. The van der Waals surface area contributed by atoms with Gasteiger partial charge in [0.2, 0.25) is 15.9 Å². The Balaban J connectivity index is 1.62. The zero-order chi connectivity index (χ0) is 17.2. The summed E-state index contributed by atoms with van der Waals surface area (Å²) in [7, 11) is -3.25. The minimum Gasteiger partial charge on any atom is -0.342 e. The van der Waals surface area contributed by atoms with Gasteiger partial charge < -0.3 is 9.88 Å². The van der Waals surface area contributed by atoms with Crippen molar-refractivity contribution < 1.29 is 13.2 Å². The molecule has 0 saturated carbocycles. The topological polar surface area (TPSA) is 95.2 Å². The lowest BCUT2D eigenvalue weighted by Crippen LogP contribution is -2.40. The van der Waals surface area contributed by atoms with E-state index < -0.39 is 10.0 Å². The number of likely N-dealkylation sites (tertiary alicyclic amines) is 1. The summed E-state index contributed by atoms with van der Waals surface area (Å²) < 4.78 is 24.5. The predicted octanol–water partition coefficient (Wildman–Crippen LogP) is 1.21. The van der Waals surface area contributed by atoms with Crippen LogP contribution in [0.5, 0.6) is 0 Å². The summed E-state index contributed by atoms with van der Waals surface area (Å²) in [6, 6.07) is 7.89. The number of amides is 1. The highest BCUT2D eigenvalue weighted by Gasteiger charge is 2.26. The van der Waals surface area contributed by atoms with Crippen molar-refractivity contribution in [3.05, 3.63) is 30.1 Å². The highest BCUT2D eigenvalue weighted by atomic mass is 32.2. The number of aromatic amines is 1. The van der Waals surface area contributed by atoms with E-state index in [1.54, 1.807) is 0 Å². The Kier molecular flexibility index (Phi) is 4.86. The highest BCUT2D eigenvalue weighted by molar-refractivity contribution is 7.88. The highest BCUT2D eigenvalue weighted by Crippen LogP contribution is 2.26. The second-order valence-corrected chi connectivity index (χ2v) is 8.07. The molecule has 2 N–H and O–H groups in total. The molecule has 1 atom stereocenters. The first kappa shape index (κ1) is 16.9. The molecular weight excluding hydrogens is 328 g/mol. The monoisotopic (exact) mass is 350 g/mol. The summed E-state index contributed by atoms with van der Waals surface area (Å²) >= 11 is 0. The lowest BCUT2D eigenvalue weighted by molar-refractivity contribution is -0.132. The van der Waals surface area contributed by atoms with Crippen molar-refractivity contribution in [1.29, 1.82) is 0 Å². The number of nitrogens with one attached hydrogen (secondary N) is 2. The Morgan fingerprint density at radius 1 is 1.42 bits per heavy atom. The van der Waals surface area contributed by atoms with E-state index >= 15 is 0 Å². The van der Waals surface area contributed by atoms with Crippen molar-refractivity contribution in [2.75, 3.05) is 25.9 Å². The van der Waals surface area contributed by atoms with Crippen LogP contribution >= 0.6 is 0 Å². The largest absolute Gasteiger partial charge is 0.342 e. The quantitative estimate of drug-likeness (QED) is 0.847. The van der Waals surface area contributed by atoms with Gasteiger partial charge in [-0.2, -0.15) is 0 Å². The molecule has 0 aliphatic carbocycles. The van der Waals surface area contributed by atoms with Gasteiger partial charge in [-0.3, -0.25) is 4.79 Å². The number of H-pyrrole nitrogens is 1. The third kappa shape index (κ3) is 4.12. The number of sulfonamides is 1. The molecule has 1 fully saturated rings. The van der Waals surface area contributed by atoms with Crippen LogP contribution in [-0.4, -0.2) is 55.1 Å². The standard InChI is InChI=1S/C16H22N4O3S/c1-24(22,23)17-9-8-15(21)20-10-4-5-12(11-20)16-18-13-6-2-3-7-14(13)19-16/h2-3,6-7,12,17H,4-5,8-11H2,1H3,(H,18,19)/t12-/m0/s1. The molecule has 0 bridgehead atoms. The second kappa shape index (κ2) is 6.90. The van der Waals surface area contributed by atoms with E-state index in [0.717, 1.165) is 36.0 Å². The molecule has 8 heteroatoms. The number of carbonyl (C=O) groups is 1. The van der Waals surface area contributed by atoms with Crippen LogP contribution in [0.1, 0.15) is 31.0 Å². The molecule has 7 nitrogen and oxygen atoms in total. The van der Waals surface area contributed by atoms with Crippen molar-refractivity contribution in [2.24, 2.45) is 0 Å². The second-order valence-electron chi connectivity index (χ2n) is 6.23. The number of para-hydroxylation sites is 2. The molecule has 2 aromatic rings. The van der Waals surface area contributed by atoms with Gasteiger partial charge in [0.1, 0.15) is 5.82 Å². The summed E-state index contributed by atoms with van der Waals surface area (Å²) in [6.45, 7) is 1.48. The Bertz CT molecular complexity index is 798. The lowest BCUT2D eigenvalue weighted by Gasteiger charge is -2.32. The number of piperidine rings is 1. The van der Waals surface area contributed by atoms with Crippen molar-refractivity contribution >= 4 is 27.0 Å². The third-order valence-corrected chi connectivity index (χ3v) is 5.00. The fraction of sp³-hybridized carbons (Fsp3) is 0.500. The molecule has 2 heterocycles. The van der Waals surface area contributed by atoms with Crippen molar-refractivity contribution in [1.82, 2.24) is 19.6 Å². The molecule has 24 heavy (non-hydrogen) atoms. The van der Waals surface area contributed by atoms with Crippen molar-refractivity contribution in [3.8, 4) is 0 Å². The summed E-state index contributed by atoms with van der Waals surface area (Å²) in [5.74, 6) is 1.09. The van der Waals surface area contributed by atoms with E-state index in [4.69, 9.17) is 0 Å². The van der Waals surface area contributed by atoms with Crippen LogP contribution < -0.4 is 4.72 Å². The maximum Gasteiger partial charge on any atom is 0.223 e. The lowest BCUT2D eigenvalue weighted by atomic mass is 9.97. The van der Waals surface area contributed by atoms with Crippen molar-refractivity contribution in [3.63, 3.8) is 0 Å². The zero-order valence-electron chi connectivity index (χ0n) is 13.7. The molecule has 1 aromatic heterocycles. The van der Waals surface area contributed by atoms with Crippen LogP contribution in [-0.2, 0) is 14.8 Å². The van der Waals surface area contributed by atoms with Crippen LogP contribution in [0, 0.1) is 0 Å². The van der Waals surface area contributed by atoms with E-state index in [9.17, 15) is 13.2 Å².